The third-order valence-corrected chi connectivity index (χ3v) is 4.94. The monoisotopic (exact) mass is 344 g/mol. The Hall–Kier alpha value is -2.18. The van der Waals surface area contributed by atoms with E-state index in [1.807, 2.05) is 29.5 Å². The highest BCUT2D eigenvalue weighted by atomic mass is 16.2. The molecule has 0 radical (unpaired) electrons. The van der Waals surface area contributed by atoms with Crippen molar-refractivity contribution >= 4 is 5.91 Å². The average molecular weight is 344 g/mol. The van der Waals surface area contributed by atoms with E-state index in [1.54, 1.807) is 6.33 Å². The molecule has 1 aliphatic heterocycles. The largest absolute Gasteiger partial charge is 0.342 e. The van der Waals surface area contributed by atoms with Crippen LogP contribution < -0.4 is 0 Å². The summed E-state index contributed by atoms with van der Waals surface area (Å²) >= 11 is 0. The van der Waals surface area contributed by atoms with Gasteiger partial charge in [0.15, 0.2) is 0 Å². The van der Waals surface area contributed by atoms with Crippen LogP contribution in [0, 0.1) is 13.8 Å². The van der Waals surface area contributed by atoms with Crippen molar-refractivity contribution in [3.63, 3.8) is 0 Å². The molecule has 1 aliphatic rings. The molecule has 1 atom stereocenters. The second kappa shape index (κ2) is 7.37. The molecule has 0 aliphatic carbocycles. The molecule has 2 aromatic rings. The van der Waals surface area contributed by atoms with Crippen molar-refractivity contribution in [1.82, 2.24) is 29.4 Å². The van der Waals surface area contributed by atoms with Gasteiger partial charge >= 0.3 is 0 Å². The van der Waals surface area contributed by atoms with Crippen molar-refractivity contribution < 1.29 is 4.79 Å². The van der Waals surface area contributed by atoms with E-state index in [-0.39, 0.29) is 11.8 Å². The number of likely N-dealkylation sites (tertiary alicyclic amines) is 1. The summed E-state index contributed by atoms with van der Waals surface area (Å²) < 4.78 is 4.04. The van der Waals surface area contributed by atoms with Gasteiger partial charge in [0.05, 0.1) is 5.69 Å². The molecule has 0 bridgehead atoms. The number of carbonyl (C=O) groups is 1. The lowest BCUT2D eigenvalue weighted by Crippen LogP contribution is -2.40. The number of rotatable bonds is 5. The predicted molar refractivity (Wildman–Crippen MR) is 95.3 cm³/mol. The minimum atomic E-state index is 0.202. The summed E-state index contributed by atoms with van der Waals surface area (Å²) in [6.07, 6.45) is 4.36. The minimum Gasteiger partial charge on any atom is -0.342 e. The van der Waals surface area contributed by atoms with Gasteiger partial charge < -0.3 is 9.47 Å². The zero-order valence-corrected chi connectivity index (χ0v) is 15.6. The summed E-state index contributed by atoms with van der Waals surface area (Å²) in [5, 5.41) is 12.8. The Balaban J connectivity index is 1.61. The third-order valence-electron chi connectivity index (χ3n) is 4.94. The molecule has 7 nitrogen and oxygen atoms in total. The fraction of sp³-hybridized carbons (Fsp3) is 0.667. The number of carbonyl (C=O) groups excluding carboxylic acids is 1. The Labute approximate surface area is 149 Å². The zero-order valence-electron chi connectivity index (χ0n) is 15.6. The van der Waals surface area contributed by atoms with Crippen LogP contribution in [0.4, 0.5) is 0 Å². The van der Waals surface area contributed by atoms with Gasteiger partial charge in [-0.25, -0.2) is 0 Å². The van der Waals surface area contributed by atoms with Crippen LogP contribution in [0.1, 0.15) is 62.3 Å². The number of hydrogen-bond donors (Lipinski definition) is 0. The van der Waals surface area contributed by atoms with Gasteiger partial charge in [0.25, 0.3) is 0 Å². The van der Waals surface area contributed by atoms with Crippen LogP contribution in [0.25, 0.3) is 0 Å². The van der Waals surface area contributed by atoms with Gasteiger partial charge in [-0.1, -0.05) is 0 Å². The molecule has 0 spiro atoms. The first kappa shape index (κ1) is 17.6. The van der Waals surface area contributed by atoms with Gasteiger partial charge in [-0.05, 0) is 46.6 Å². The molecule has 2 aromatic heterocycles. The Morgan fingerprint density at radius 1 is 1.36 bits per heavy atom. The van der Waals surface area contributed by atoms with Crippen molar-refractivity contribution in [2.24, 2.45) is 0 Å². The smallest absolute Gasteiger partial charge is 0.224 e. The molecule has 1 amide bonds. The van der Waals surface area contributed by atoms with Crippen LogP contribution in [-0.2, 0) is 11.3 Å². The maximum absolute atomic E-state index is 12.7. The van der Waals surface area contributed by atoms with E-state index in [4.69, 9.17) is 0 Å². The van der Waals surface area contributed by atoms with Gasteiger partial charge in [0.1, 0.15) is 12.2 Å². The zero-order chi connectivity index (χ0) is 18.0. The van der Waals surface area contributed by atoms with Crippen LogP contribution >= 0.6 is 0 Å². The van der Waals surface area contributed by atoms with Gasteiger partial charge in [-0.15, -0.1) is 10.2 Å². The van der Waals surface area contributed by atoms with Crippen LogP contribution in [0.2, 0.25) is 0 Å². The van der Waals surface area contributed by atoms with Crippen LogP contribution in [0.15, 0.2) is 12.4 Å². The van der Waals surface area contributed by atoms with Gasteiger partial charge in [0, 0.05) is 43.7 Å². The Morgan fingerprint density at radius 2 is 2.16 bits per heavy atom. The Morgan fingerprint density at radius 3 is 2.84 bits per heavy atom. The SMILES string of the molecule is Cc1cc(C)n(CCC(=O)N2CCCC(c3nncn3C(C)C)C2)n1. The van der Waals surface area contributed by atoms with E-state index in [0.29, 0.717) is 19.0 Å². The number of amides is 1. The van der Waals surface area contributed by atoms with E-state index in [2.05, 4.69) is 33.7 Å². The lowest BCUT2D eigenvalue weighted by atomic mass is 9.96. The number of aromatic nitrogens is 5. The average Bonchev–Trinajstić information content (AvgIpc) is 3.19. The van der Waals surface area contributed by atoms with Crippen molar-refractivity contribution in [2.75, 3.05) is 13.1 Å². The van der Waals surface area contributed by atoms with E-state index in [0.717, 1.165) is 43.1 Å². The highest BCUT2D eigenvalue weighted by Crippen LogP contribution is 2.27. The number of aryl methyl sites for hydroxylation is 3. The number of nitrogens with zero attached hydrogens (tertiary/aromatic N) is 6. The van der Waals surface area contributed by atoms with Gasteiger partial charge in [-0.2, -0.15) is 5.10 Å². The van der Waals surface area contributed by atoms with Crippen LogP contribution in [-0.4, -0.2) is 48.4 Å². The molecule has 3 heterocycles. The quantitative estimate of drug-likeness (QED) is 0.835. The van der Waals surface area contributed by atoms with Crippen molar-refractivity contribution in [1.29, 1.82) is 0 Å². The predicted octanol–water partition coefficient (Wildman–Crippen LogP) is 2.47. The molecule has 0 N–H and O–H groups in total. The maximum Gasteiger partial charge on any atom is 0.224 e. The molecule has 0 aromatic carbocycles. The second-order valence-corrected chi connectivity index (χ2v) is 7.27. The lowest BCUT2D eigenvalue weighted by Gasteiger charge is -2.33. The molecule has 0 saturated carbocycles. The lowest BCUT2D eigenvalue weighted by molar-refractivity contribution is -0.132. The summed E-state index contributed by atoms with van der Waals surface area (Å²) in [5.74, 6) is 1.48. The summed E-state index contributed by atoms with van der Waals surface area (Å²) in [5.41, 5.74) is 2.10. The summed E-state index contributed by atoms with van der Waals surface area (Å²) in [4.78, 5) is 14.7. The molecule has 136 valence electrons. The summed E-state index contributed by atoms with van der Waals surface area (Å²) in [6.45, 7) is 10.5. The molecule has 1 saturated heterocycles. The fourth-order valence-corrected chi connectivity index (χ4v) is 3.62. The first-order valence-electron chi connectivity index (χ1n) is 9.14. The van der Waals surface area contributed by atoms with Crippen molar-refractivity contribution in [3.8, 4) is 0 Å². The minimum absolute atomic E-state index is 0.202. The molecule has 1 unspecified atom stereocenters. The van der Waals surface area contributed by atoms with E-state index >= 15 is 0 Å². The summed E-state index contributed by atoms with van der Waals surface area (Å²) in [7, 11) is 0. The second-order valence-electron chi connectivity index (χ2n) is 7.27. The highest BCUT2D eigenvalue weighted by molar-refractivity contribution is 5.76. The Bertz CT molecular complexity index is 732. The van der Waals surface area contributed by atoms with Gasteiger partial charge in [0.2, 0.25) is 5.91 Å². The normalized spacial score (nSPS) is 18.1. The summed E-state index contributed by atoms with van der Waals surface area (Å²) in [6, 6.07) is 2.38. The topological polar surface area (TPSA) is 68.8 Å². The maximum atomic E-state index is 12.7. The number of piperidine rings is 1. The molecule has 7 heteroatoms. The van der Waals surface area contributed by atoms with E-state index < -0.39 is 0 Å². The third kappa shape index (κ3) is 3.91. The molecular formula is C18H28N6O. The van der Waals surface area contributed by atoms with E-state index in [9.17, 15) is 4.79 Å². The molecule has 1 fully saturated rings. The highest BCUT2D eigenvalue weighted by Gasteiger charge is 2.28. The fourth-order valence-electron chi connectivity index (χ4n) is 3.62. The van der Waals surface area contributed by atoms with Crippen molar-refractivity contribution in [3.05, 3.63) is 29.6 Å². The van der Waals surface area contributed by atoms with Crippen LogP contribution in [0.5, 0.6) is 0 Å². The molecular weight excluding hydrogens is 316 g/mol. The first-order chi connectivity index (χ1) is 12.0. The Kier molecular flexibility index (Phi) is 5.20. The van der Waals surface area contributed by atoms with Crippen molar-refractivity contribution in [2.45, 2.75) is 65.5 Å². The standard InChI is InChI=1S/C18H28N6O/c1-13(2)23-12-19-20-18(23)16-6-5-8-22(11-16)17(25)7-9-24-15(4)10-14(3)21-24/h10,12-13,16H,5-9,11H2,1-4H3. The molecule has 25 heavy (non-hydrogen) atoms. The number of hydrogen-bond acceptors (Lipinski definition) is 4. The van der Waals surface area contributed by atoms with Gasteiger partial charge in [-0.3, -0.25) is 9.48 Å². The molecule has 3 rings (SSSR count). The first-order valence-corrected chi connectivity index (χ1v) is 9.14. The van der Waals surface area contributed by atoms with E-state index in [1.165, 1.54) is 0 Å². The van der Waals surface area contributed by atoms with Crippen LogP contribution in [0.3, 0.4) is 0 Å².